The highest BCUT2D eigenvalue weighted by Crippen LogP contribution is 2.36. The number of piperazine rings is 1. The van der Waals surface area contributed by atoms with E-state index in [1.807, 2.05) is 0 Å². The number of hydrogen-bond donors (Lipinski definition) is 2. The maximum Gasteiger partial charge on any atom is 0.435 e. The van der Waals surface area contributed by atoms with E-state index >= 15 is 4.39 Å². The number of halogens is 4. The average molecular weight is 615 g/mol. The first-order valence-corrected chi connectivity index (χ1v) is 14.0. The lowest BCUT2D eigenvalue weighted by atomic mass is 9.96. The van der Waals surface area contributed by atoms with Gasteiger partial charge in [-0.15, -0.1) is 6.42 Å². The number of amides is 3. The van der Waals surface area contributed by atoms with Crippen LogP contribution in [0.1, 0.15) is 39.5 Å². The van der Waals surface area contributed by atoms with Gasteiger partial charge in [0.15, 0.2) is 11.5 Å². The Balaban J connectivity index is 1.24. The van der Waals surface area contributed by atoms with E-state index in [1.165, 1.54) is 24.1 Å². The van der Waals surface area contributed by atoms with Crippen molar-refractivity contribution in [3.63, 3.8) is 0 Å². The first-order valence-electron chi connectivity index (χ1n) is 14.0. The first kappa shape index (κ1) is 30.7. The van der Waals surface area contributed by atoms with Gasteiger partial charge in [-0.1, -0.05) is 5.92 Å². The van der Waals surface area contributed by atoms with E-state index in [-0.39, 0.29) is 59.8 Å². The Bertz CT molecular complexity index is 1610. The van der Waals surface area contributed by atoms with Gasteiger partial charge in [0.25, 0.3) is 11.8 Å². The molecular formula is C29H30F4N8O3. The molecule has 3 amide bonds. The Morgan fingerprint density at radius 2 is 1.80 bits per heavy atom. The number of hydrogen-bond acceptors (Lipinski definition) is 6. The second kappa shape index (κ2) is 12.5. The van der Waals surface area contributed by atoms with Crippen LogP contribution < -0.4 is 10.6 Å². The molecule has 11 nitrogen and oxygen atoms in total. The van der Waals surface area contributed by atoms with Gasteiger partial charge < -0.3 is 25.0 Å². The molecule has 15 heteroatoms. The van der Waals surface area contributed by atoms with Crippen LogP contribution in [-0.2, 0) is 24.6 Å². The number of piperidine rings is 1. The van der Waals surface area contributed by atoms with Crippen LogP contribution in [0.3, 0.4) is 0 Å². The highest BCUT2D eigenvalue weighted by Gasteiger charge is 2.38. The molecule has 0 atom stereocenters. The summed E-state index contributed by atoms with van der Waals surface area (Å²) in [4.78, 5) is 46.0. The number of rotatable bonds is 6. The van der Waals surface area contributed by atoms with Crippen molar-refractivity contribution < 1.29 is 31.9 Å². The zero-order chi connectivity index (χ0) is 31.6. The van der Waals surface area contributed by atoms with Crippen molar-refractivity contribution in [1.29, 1.82) is 0 Å². The largest absolute Gasteiger partial charge is 0.435 e. The highest BCUT2D eigenvalue weighted by atomic mass is 19.4. The molecule has 0 radical (unpaired) electrons. The fraction of sp³-hybridized carbons (Fsp3) is 0.414. The molecule has 2 saturated heterocycles. The fourth-order valence-corrected chi connectivity index (χ4v) is 5.44. The summed E-state index contributed by atoms with van der Waals surface area (Å²) >= 11 is 0. The molecule has 4 heterocycles. The van der Waals surface area contributed by atoms with E-state index in [1.54, 1.807) is 4.90 Å². The SMILES string of the molecule is C#CCn1cc(-c2cnc(C(=O)Nc3ccc(C(=O)N4CCN(C(=O)C5CCNCC5)CC4)c(F)c3)n2C)c(C(F)(F)F)n1. The Morgan fingerprint density at radius 3 is 2.43 bits per heavy atom. The second-order valence-corrected chi connectivity index (χ2v) is 10.6. The molecule has 2 fully saturated rings. The minimum absolute atomic E-state index is 0.0174. The monoisotopic (exact) mass is 614 g/mol. The number of carbonyl (C=O) groups excluding carboxylic acids is 3. The predicted molar refractivity (Wildman–Crippen MR) is 151 cm³/mol. The quantitative estimate of drug-likeness (QED) is 0.326. The molecule has 0 spiro atoms. The van der Waals surface area contributed by atoms with Gasteiger partial charge in [0.1, 0.15) is 12.4 Å². The summed E-state index contributed by atoms with van der Waals surface area (Å²) in [6, 6.07) is 3.58. The van der Waals surface area contributed by atoms with Crippen molar-refractivity contribution in [1.82, 2.24) is 34.4 Å². The summed E-state index contributed by atoms with van der Waals surface area (Å²) in [6.45, 7) is 2.69. The van der Waals surface area contributed by atoms with E-state index in [0.29, 0.717) is 13.1 Å². The summed E-state index contributed by atoms with van der Waals surface area (Å²) < 4.78 is 58.0. The van der Waals surface area contributed by atoms with Gasteiger partial charge in [0.05, 0.1) is 23.0 Å². The maximum absolute atomic E-state index is 15.1. The van der Waals surface area contributed by atoms with Crippen molar-refractivity contribution in [2.45, 2.75) is 25.6 Å². The van der Waals surface area contributed by atoms with Crippen LogP contribution in [0, 0.1) is 24.1 Å². The minimum atomic E-state index is -4.78. The van der Waals surface area contributed by atoms with Crippen molar-refractivity contribution in [2.75, 3.05) is 44.6 Å². The Hall–Kier alpha value is -4.71. The van der Waals surface area contributed by atoms with Gasteiger partial charge in [-0.05, 0) is 44.1 Å². The van der Waals surface area contributed by atoms with Crippen LogP contribution in [0.25, 0.3) is 11.3 Å². The molecule has 0 bridgehead atoms. The number of nitrogens with zero attached hydrogens (tertiary/aromatic N) is 6. The number of imidazole rings is 1. The molecular weight excluding hydrogens is 584 g/mol. The summed E-state index contributed by atoms with van der Waals surface area (Å²) in [7, 11) is 1.36. The topological polar surface area (TPSA) is 117 Å². The summed E-state index contributed by atoms with van der Waals surface area (Å²) in [5.41, 5.74) is -1.70. The fourth-order valence-electron chi connectivity index (χ4n) is 5.44. The Labute approximate surface area is 250 Å². The highest BCUT2D eigenvalue weighted by molar-refractivity contribution is 6.03. The standard InChI is InChI=1S/C29H30F4N8O3/c1-3-10-41-17-21(24(37-41)29(31,32)33)23-16-35-25(38(23)2)26(42)36-19-4-5-20(22(30)15-19)28(44)40-13-11-39(12-14-40)27(43)18-6-8-34-9-7-18/h1,4-5,15-18,34H,6-14H2,2H3,(H,36,42). The molecule has 0 aliphatic carbocycles. The molecule has 2 aliphatic heterocycles. The van der Waals surface area contributed by atoms with Crippen LogP contribution in [-0.4, -0.2) is 86.1 Å². The Kier molecular flexibility index (Phi) is 8.73. The smallest absolute Gasteiger partial charge is 0.339 e. The molecule has 1 aromatic carbocycles. The summed E-state index contributed by atoms with van der Waals surface area (Å²) in [5, 5.41) is 9.22. The van der Waals surface area contributed by atoms with Gasteiger partial charge in [0, 0.05) is 51.0 Å². The third-order valence-corrected chi connectivity index (χ3v) is 7.78. The molecule has 2 N–H and O–H groups in total. The first-order chi connectivity index (χ1) is 21.0. The lowest BCUT2D eigenvalue weighted by Gasteiger charge is -2.37. The molecule has 232 valence electrons. The predicted octanol–water partition coefficient (Wildman–Crippen LogP) is 2.61. The molecule has 5 rings (SSSR count). The van der Waals surface area contributed by atoms with Gasteiger partial charge in [-0.2, -0.15) is 18.3 Å². The zero-order valence-electron chi connectivity index (χ0n) is 23.8. The number of alkyl halides is 3. The molecule has 3 aromatic rings. The van der Waals surface area contributed by atoms with E-state index in [0.717, 1.165) is 53.6 Å². The zero-order valence-corrected chi connectivity index (χ0v) is 23.8. The maximum atomic E-state index is 15.1. The number of anilines is 1. The summed E-state index contributed by atoms with van der Waals surface area (Å²) in [6.07, 6.45) is 4.21. The second-order valence-electron chi connectivity index (χ2n) is 10.6. The number of carbonyl (C=O) groups is 3. The third kappa shape index (κ3) is 6.30. The van der Waals surface area contributed by atoms with Crippen molar-refractivity contribution >= 4 is 23.4 Å². The van der Waals surface area contributed by atoms with Crippen LogP contribution in [0.4, 0.5) is 23.2 Å². The van der Waals surface area contributed by atoms with E-state index < -0.39 is 29.5 Å². The molecule has 44 heavy (non-hydrogen) atoms. The van der Waals surface area contributed by atoms with Gasteiger partial charge in [0.2, 0.25) is 5.91 Å². The molecule has 0 unspecified atom stereocenters. The van der Waals surface area contributed by atoms with Gasteiger partial charge in [-0.3, -0.25) is 19.1 Å². The normalized spacial score (nSPS) is 16.1. The van der Waals surface area contributed by atoms with Gasteiger partial charge in [-0.25, -0.2) is 9.37 Å². The lowest BCUT2D eigenvalue weighted by Crippen LogP contribution is -2.52. The number of nitrogens with one attached hydrogen (secondary N) is 2. The van der Waals surface area contributed by atoms with E-state index in [4.69, 9.17) is 6.42 Å². The molecule has 2 aliphatic rings. The average Bonchev–Trinajstić information content (AvgIpc) is 3.60. The van der Waals surface area contributed by atoms with Crippen LogP contribution in [0.15, 0.2) is 30.6 Å². The van der Waals surface area contributed by atoms with Crippen LogP contribution in [0.5, 0.6) is 0 Å². The van der Waals surface area contributed by atoms with E-state index in [2.05, 4.69) is 26.6 Å². The minimum Gasteiger partial charge on any atom is -0.339 e. The van der Waals surface area contributed by atoms with Crippen LogP contribution >= 0.6 is 0 Å². The number of benzene rings is 1. The molecule has 2 aromatic heterocycles. The van der Waals surface area contributed by atoms with Crippen LogP contribution in [0.2, 0.25) is 0 Å². The Morgan fingerprint density at radius 1 is 1.11 bits per heavy atom. The van der Waals surface area contributed by atoms with Crippen molar-refractivity contribution in [2.24, 2.45) is 13.0 Å². The number of aromatic nitrogens is 4. The van der Waals surface area contributed by atoms with Crippen molar-refractivity contribution in [3.05, 3.63) is 53.5 Å². The summed E-state index contributed by atoms with van der Waals surface area (Å²) in [5.74, 6) is -0.161. The lowest BCUT2D eigenvalue weighted by molar-refractivity contribution is -0.141. The number of terminal acetylenes is 1. The van der Waals surface area contributed by atoms with E-state index in [9.17, 15) is 27.6 Å². The van der Waals surface area contributed by atoms with Crippen molar-refractivity contribution in [3.8, 4) is 23.6 Å². The third-order valence-electron chi connectivity index (χ3n) is 7.78. The van der Waals surface area contributed by atoms with Gasteiger partial charge >= 0.3 is 6.18 Å². The molecule has 0 saturated carbocycles.